The van der Waals surface area contributed by atoms with Crippen LogP contribution in [-0.4, -0.2) is 6.43 Å². The van der Waals surface area contributed by atoms with Crippen molar-refractivity contribution in [3.05, 3.63) is 12.7 Å². The van der Waals surface area contributed by atoms with Crippen molar-refractivity contribution in [2.75, 3.05) is 0 Å². The van der Waals surface area contributed by atoms with E-state index in [1.165, 1.54) is 19.3 Å². The maximum Gasteiger partial charge on any atom is 0.238 e. The van der Waals surface area contributed by atoms with Crippen molar-refractivity contribution in [1.82, 2.24) is 0 Å². The first kappa shape index (κ1) is 12.6. The standard InChI is InChI=1S/C11H20F2/c1-2-3-4-5-6-7-8-9-10-11(12)13/h2,11H,1,3-10H2. The van der Waals surface area contributed by atoms with Crippen molar-refractivity contribution in [2.45, 2.75) is 57.8 Å². The van der Waals surface area contributed by atoms with E-state index in [0.717, 1.165) is 19.3 Å². The SMILES string of the molecule is C=CCCCCCCCCC(F)F. The molecule has 0 aromatic rings. The third-order valence-electron chi connectivity index (χ3n) is 2.08. The van der Waals surface area contributed by atoms with E-state index in [1.54, 1.807) is 0 Å². The van der Waals surface area contributed by atoms with Gasteiger partial charge in [0, 0.05) is 6.42 Å². The zero-order valence-corrected chi connectivity index (χ0v) is 8.27. The van der Waals surface area contributed by atoms with Gasteiger partial charge in [0.15, 0.2) is 0 Å². The van der Waals surface area contributed by atoms with Gasteiger partial charge in [0.05, 0.1) is 0 Å². The summed E-state index contributed by atoms with van der Waals surface area (Å²) in [6, 6.07) is 0. The highest BCUT2D eigenvalue weighted by molar-refractivity contribution is 4.65. The molecule has 0 unspecified atom stereocenters. The molecule has 0 atom stereocenters. The fourth-order valence-electron chi connectivity index (χ4n) is 1.29. The molecular weight excluding hydrogens is 170 g/mol. The molecule has 2 heteroatoms. The highest BCUT2D eigenvalue weighted by Gasteiger charge is 2.00. The molecule has 0 bridgehead atoms. The Kier molecular flexibility index (Phi) is 9.39. The fraction of sp³-hybridized carbons (Fsp3) is 0.818. The molecule has 0 amide bonds. The van der Waals surface area contributed by atoms with Gasteiger partial charge in [0.1, 0.15) is 0 Å². The quantitative estimate of drug-likeness (QED) is 0.369. The molecule has 0 aromatic carbocycles. The zero-order valence-electron chi connectivity index (χ0n) is 8.27. The van der Waals surface area contributed by atoms with E-state index in [-0.39, 0.29) is 6.42 Å². The van der Waals surface area contributed by atoms with E-state index in [9.17, 15) is 8.78 Å². The van der Waals surface area contributed by atoms with Gasteiger partial charge in [0.25, 0.3) is 0 Å². The Bertz CT molecular complexity index is 111. The predicted molar refractivity (Wildman–Crippen MR) is 53.1 cm³/mol. The lowest BCUT2D eigenvalue weighted by Crippen LogP contribution is -1.89. The van der Waals surface area contributed by atoms with Crippen LogP contribution in [0.3, 0.4) is 0 Å². The van der Waals surface area contributed by atoms with Crippen LogP contribution in [0, 0.1) is 0 Å². The molecule has 0 aliphatic heterocycles. The maximum atomic E-state index is 11.7. The summed E-state index contributed by atoms with van der Waals surface area (Å²) < 4.78 is 23.4. The van der Waals surface area contributed by atoms with Gasteiger partial charge in [-0.15, -0.1) is 6.58 Å². The van der Waals surface area contributed by atoms with Crippen LogP contribution in [0.2, 0.25) is 0 Å². The Morgan fingerprint density at radius 2 is 1.46 bits per heavy atom. The third-order valence-corrected chi connectivity index (χ3v) is 2.08. The molecule has 0 N–H and O–H groups in total. The summed E-state index contributed by atoms with van der Waals surface area (Å²) in [5.41, 5.74) is 0. The van der Waals surface area contributed by atoms with Crippen LogP contribution >= 0.6 is 0 Å². The van der Waals surface area contributed by atoms with E-state index in [0.29, 0.717) is 6.42 Å². The van der Waals surface area contributed by atoms with Crippen LogP contribution in [0.1, 0.15) is 51.4 Å². The predicted octanol–water partition coefficient (Wildman–Crippen LogP) is 4.56. The number of halogens is 2. The second-order valence-electron chi connectivity index (χ2n) is 3.38. The van der Waals surface area contributed by atoms with Crippen LogP contribution in [-0.2, 0) is 0 Å². The molecule has 0 spiro atoms. The highest BCUT2D eigenvalue weighted by atomic mass is 19.3. The van der Waals surface area contributed by atoms with Gasteiger partial charge >= 0.3 is 0 Å². The topological polar surface area (TPSA) is 0 Å². The fourth-order valence-corrected chi connectivity index (χ4v) is 1.29. The molecule has 0 radical (unpaired) electrons. The van der Waals surface area contributed by atoms with Crippen molar-refractivity contribution >= 4 is 0 Å². The van der Waals surface area contributed by atoms with Crippen LogP contribution in [0.25, 0.3) is 0 Å². The lowest BCUT2D eigenvalue weighted by Gasteiger charge is -2.00. The second-order valence-corrected chi connectivity index (χ2v) is 3.38. The lowest BCUT2D eigenvalue weighted by atomic mass is 10.1. The molecule has 13 heavy (non-hydrogen) atoms. The Hall–Kier alpha value is -0.400. The van der Waals surface area contributed by atoms with Crippen LogP contribution < -0.4 is 0 Å². The second kappa shape index (κ2) is 9.69. The van der Waals surface area contributed by atoms with Crippen molar-refractivity contribution in [3.63, 3.8) is 0 Å². The molecule has 78 valence electrons. The lowest BCUT2D eigenvalue weighted by molar-refractivity contribution is 0.133. The van der Waals surface area contributed by atoms with Gasteiger partial charge in [-0.3, -0.25) is 0 Å². The van der Waals surface area contributed by atoms with Crippen LogP contribution in [0.5, 0.6) is 0 Å². The van der Waals surface area contributed by atoms with Crippen LogP contribution in [0.4, 0.5) is 8.78 Å². The maximum absolute atomic E-state index is 11.7. The smallest absolute Gasteiger partial charge is 0.211 e. The van der Waals surface area contributed by atoms with Crippen molar-refractivity contribution in [2.24, 2.45) is 0 Å². The Morgan fingerprint density at radius 3 is 2.00 bits per heavy atom. The minimum atomic E-state index is -2.11. The molecular formula is C11H20F2. The van der Waals surface area contributed by atoms with E-state index in [1.807, 2.05) is 6.08 Å². The van der Waals surface area contributed by atoms with E-state index < -0.39 is 6.43 Å². The Morgan fingerprint density at radius 1 is 0.923 bits per heavy atom. The summed E-state index contributed by atoms with van der Waals surface area (Å²) in [7, 11) is 0. The monoisotopic (exact) mass is 190 g/mol. The summed E-state index contributed by atoms with van der Waals surface area (Å²) in [5.74, 6) is 0. The first-order valence-corrected chi connectivity index (χ1v) is 5.16. The number of hydrogen-bond donors (Lipinski definition) is 0. The summed E-state index contributed by atoms with van der Waals surface area (Å²) in [6.45, 7) is 3.64. The highest BCUT2D eigenvalue weighted by Crippen LogP contribution is 2.11. The summed E-state index contributed by atoms with van der Waals surface area (Å²) >= 11 is 0. The first-order chi connectivity index (χ1) is 6.27. The molecule has 0 heterocycles. The molecule has 0 nitrogen and oxygen atoms in total. The normalized spacial score (nSPS) is 10.7. The average Bonchev–Trinajstić information content (AvgIpc) is 2.09. The number of allylic oxidation sites excluding steroid dienone is 1. The summed E-state index contributed by atoms with van der Waals surface area (Å²) in [5, 5.41) is 0. The Balaban J connectivity index is 2.87. The number of hydrogen-bond acceptors (Lipinski definition) is 0. The molecule has 0 fully saturated rings. The molecule has 0 aliphatic carbocycles. The third kappa shape index (κ3) is 11.6. The van der Waals surface area contributed by atoms with Gasteiger partial charge in [-0.05, 0) is 19.3 Å². The van der Waals surface area contributed by atoms with Crippen molar-refractivity contribution in [1.29, 1.82) is 0 Å². The van der Waals surface area contributed by atoms with Gasteiger partial charge in [-0.25, -0.2) is 8.78 Å². The van der Waals surface area contributed by atoms with Gasteiger partial charge in [-0.2, -0.15) is 0 Å². The largest absolute Gasteiger partial charge is 0.238 e. The minimum absolute atomic E-state index is 0.0760. The van der Waals surface area contributed by atoms with Crippen LogP contribution in [0.15, 0.2) is 12.7 Å². The van der Waals surface area contributed by atoms with Gasteiger partial charge in [-0.1, -0.05) is 31.8 Å². The first-order valence-electron chi connectivity index (χ1n) is 5.16. The molecule has 0 aliphatic rings. The zero-order chi connectivity index (χ0) is 9.94. The molecule has 0 saturated carbocycles. The van der Waals surface area contributed by atoms with Crippen molar-refractivity contribution < 1.29 is 8.78 Å². The van der Waals surface area contributed by atoms with E-state index in [2.05, 4.69) is 6.58 Å². The minimum Gasteiger partial charge on any atom is -0.211 e. The van der Waals surface area contributed by atoms with Gasteiger partial charge < -0.3 is 0 Å². The van der Waals surface area contributed by atoms with E-state index >= 15 is 0 Å². The molecule has 0 rings (SSSR count). The summed E-state index contributed by atoms with van der Waals surface area (Å²) in [4.78, 5) is 0. The summed E-state index contributed by atoms with van der Waals surface area (Å²) in [6.07, 6.45) is 7.29. The number of rotatable bonds is 9. The number of unbranched alkanes of at least 4 members (excludes halogenated alkanes) is 6. The molecule has 0 saturated heterocycles. The Labute approximate surface area is 80.0 Å². The van der Waals surface area contributed by atoms with E-state index in [4.69, 9.17) is 0 Å². The molecule has 0 aromatic heterocycles. The van der Waals surface area contributed by atoms with Crippen molar-refractivity contribution in [3.8, 4) is 0 Å². The van der Waals surface area contributed by atoms with Gasteiger partial charge in [0.2, 0.25) is 6.43 Å². The average molecular weight is 190 g/mol. The number of alkyl halides is 2.